The highest BCUT2D eigenvalue weighted by Crippen LogP contribution is 2.20. The van der Waals surface area contributed by atoms with Crippen LogP contribution in [0.2, 0.25) is 5.15 Å². The first-order valence-electron chi connectivity index (χ1n) is 5.03. The average Bonchev–Trinajstić information content (AvgIpc) is 2.51. The molecular weight excluding hydrogens is 196 g/mol. The molecule has 0 saturated carbocycles. The fourth-order valence-corrected chi connectivity index (χ4v) is 2.29. The van der Waals surface area contributed by atoms with Crippen LogP contribution in [-0.2, 0) is 6.42 Å². The molecule has 0 amide bonds. The average molecular weight is 211 g/mol. The number of likely N-dealkylation sites (tertiary alicyclic amines) is 1. The number of pyridine rings is 1. The minimum atomic E-state index is 0.605. The van der Waals surface area contributed by atoms with Gasteiger partial charge in [-0.1, -0.05) is 11.6 Å². The molecule has 1 aromatic rings. The van der Waals surface area contributed by atoms with Gasteiger partial charge in [-0.3, -0.25) is 0 Å². The summed E-state index contributed by atoms with van der Waals surface area (Å²) in [5.74, 6) is 0.790. The van der Waals surface area contributed by atoms with Gasteiger partial charge in [0.05, 0.1) is 0 Å². The molecule has 0 aromatic carbocycles. The van der Waals surface area contributed by atoms with Crippen LogP contribution in [0.1, 0.15) is 12.0 Å². The van der Waals surface area contributed by atoms with Crippen molar-refractivity contribution in [1.29, 1.82) is 0 Å². The third-order valence-corrected chi connectivity index (χ3v) is 3.01. The lowest BCUT2D eigenvalue weighted by atomic mass is 10.00. The highest BCUT2D eigenvalue weighted by Gasteiger charge is 2.19. The van der Waals surface area contributed by atoms with E-state index < -0.39 is 0 Å². The van der Waals surface area contributed by atoms with E-state index in [4.69, 9.17) is 11.6 Å². The zero-order chi connectivity index (χ0) is 9.97. The third-order valence-electron chi connectivity index (χ3n) is 2.80. The molecule has 0 aliphatic carbocycles. The van der Waals surface area contributed by atoms with Gasteiger partial charge in [0.15, 0.2) is 0 Å². The standard InChI is InChI=1S/C11H15ClN2/c1-14-5-3-10(8-14)6-9-2-4-13-11(12)7-9/h2,4,7,10H,3,5-6,8H2,1H3. The SMILES string of the molecule is CN1CCC(Cc2ccnc(Cl)c2)C1. The van der Waals surface area contributed by atoms with Crippen molar-refractivity contribution < 1.29 is 0 Å². The molecule has 1 aromatic heterocycles. The van der Waals surface area contributed by atoms with Crippen LogP contribution in [0.3, 0.4) is 0 Å². The Kier molecular flexibility index (Phi) is 3.04. The van der Waals surface area contributed by atoms with E-state index in [-0.39, 0.29) is 0 Å². The maximum absolute atomic E-state index is 5.84. The number of nitrogens with zero attached hydrogens (tertiary/aromatic N) is 2. The fourth-order valence-electron chi connectivity index (χ4n) is 2.10. The molecule has 1 aliphatic rings. The van der Waals surface area contributed by atoms with Crippen LogP contribution in [0.5, 0.6) is 0 Å². The highest BCUT2D eigenvalue weighted by atomic mass is 35.5. The minimum absolute atomic E-state index is 0.605. The van der Waals surface area contributed by atoms with E-state index in [2.05, 4.69) is 23.0 Å². The third kappa shape index (κ3) is 2.46. The van der Waals surface area contributed by atoms with Crippen molar-refractivity contribution in [2.75, 3.05) is 20.1 Å². The predicted molar refractivity (Wildman–Crippen MR) is 58.6 cm³/mol. The Balaban J connectivity index is 1.97. The van der Waals surface area contributed by atoms with Gasteiger partial charge in [0, 0.05) is 12.7 Å². The van der Waals surface area contributed by atoms with Crippen LogP contribution in [0.4, 0.5) is 0 Å². The molecular formula is C11H15ClN2. The molecule has 2 heterocycles. The van der Waals surface area contributed by atoms with E-state index in [0.29, 0.717) is 5.15 Å². The van der Waals surface area contributed by atoms with Crippen LogP contribution in [0, 0.1) is 5.92 Å². The van der Waals surface area contributed by atoms with Gasteiger partial charge in [0.2, 0.25) is 0 Å². The lowest BCUT2D eigenvalue weighted by molar-refractivity contribution is 0.394. The zero-order valence-electron chi connectivity index (χ0n) is 8.41. The van der Waals surface area contributed by atoms with Crippen LogP contribution in [0.25, 0.3) is 0 Å². The second kappa shape index (κ2) is 4.28. The Morgan fingerprint density at radius 1 is 1.64 bits per heavy atom. The molecule has 2 rings (SSSR count). The van der Waals surface area contributed by atoms with Crippen LogP contribution < -0.4 is 0 Å². The number of hydrogen-bond acceptors (Lipinski definition) is 2. The highest BCUT2D eigenvalue weighted by molar-refractivity contribution is 6.29. The smallest absolute Gasteiger partial charge is 0.129 e. The lowest BCUT2D eigenvalue weighted by Gasteiger charge is -2.10. The lowest BCUT2D eigenvalue weighted by Crippen LogP contribution is -2.14. The molecule has 1 unspecified atom stereocenters. The summed E-state index contributed by atoms with van der Waals surface area (Å²) in [6.45, 7) is 2.43. The Labute approximate surface area is 89.9 Å². The summed E-state index contributed by atoms with van der Waals surface area (Å²) in [4.78, 5) is 6.37. The topological polar surface area (TPSA) is 16.1 Å². The molecule has 76 valence electrons. The van der Waals surface area contributed by atoms with Crippen molar-refractivity contribution >= 4 is 11.6 Å². The predicted octanol–water partition coefficient (Wildman–Crippen LogP) is 2.23. The molecule has 1 saturated heterocycles. The van der Waals surface area contributed by atoms with E-state index in [1.54, 1.807) is 6.20 Å². The van der Waals surface area contributed by atoms with Gasteiger partial charge in [0.25, 0.3) is 0 Å². The quantitative estimate of drug-likeness (QED) is 0.696. The summed E-state index contributed by atoms with van der Waals surface area (Å²) in [6, 6.07) is 4.03. The summed E-state index contributed by atoms with van der Waals surface area (Å²) in [7, 11) is 2.18. The van der Waals surface area contributed by atoms with Crippen molar-refractivity contribution in [3.63, 3.8) is 0 Å². The van der Waals surface area contributed by atoms with E-state index in [9.17, 15) is 0 Å². The van der Waals surface area contributed by atoms with Gasteiger partial charge < -0.3 is 4.90 Å². The monoisotopic (exact) mass is 210 g/mol. The first kappa shape index (κ1) is 9.94. The van der Waals surface area contributed by atoms with Gasteiger partial charge in [-0.2, -0.15) is 0 Å². The van der Waals surface area contributed by atoms with E-state index in [1.807, 2.05) is 6.07 Å². The van der Waals surface area contributed by atoms with Crippen molar-refractivity contribution in [3.05, 3.63) is 29.0 Å². The number of rotatable bonds is 2. The van der Waals surface area contributed by atoms with Crippen LogP contribution in [-0.4, -0.2) is 30.0 Å². The Hall–Kier alpha value is -0.600. The second-order valence-corrected chi connectivity index (χ2v) is 4.50. The maximum atomic E-state index is 5.84. The minimum Gasteiger partial charge on any atom is -0.306 e. The molecule has 1 atom stereocenters. The molecule has 0 radical (unpaired) electrons. The van der Waals surface area contributed by atoms with Crippen molar-refractivity contribution in [2.24, 2.45) is 5.92 Å². The fraction of sp³-hybridized carbons (Fsp3) is 0.545. The van der Waals surface area contributed by atoms with Gasteiger partial charge >= 0.3 is 0 Å². The maximum Gasteiger partial charge on any atom is 0.129 e. The molecule has 14 heavy (non-hydrogen) atoms. The molecule has 0 spiro atoms. The van der Waals surface area contributed by atoms with E-state index in [0.717, 1.165) is 12.3 Å². The van der Waals surface area contributed by atoms with Crippen LogP contribution in [0.15, 0.2) is 18.3 Å². The molecule has 1 fully saturated rings. The molecule has 0 bridgehead atoms. The van der Waals surface area contributed by atoms with Crippen molar-refractivity contribution in [1.82, 2.24) is 9.88 Å². The summed E-state index contributed by atoms with van der Waals surface area (Å²) in [5.41, 5.74) is 1.31. The Morgan fingerprint density at radius 2 is 2.50 bits per heavy atom. The summed E-state index contributed by atoms with van der Waals surface area (Å²) < 4.78 is 0. The van der Waals surface area contributed by atoms with Crippen LogP contribution >= 0.6 is 11.6 Å². The Morgan fingerprint density at radius 3 is 3.14 bits per heavy atom. The zero-order valence-corrected chi connectivity index (χ0v) is 9.17. The van der Waals surface area contributed by atoms with Gasteiger partial charge in [-0.25, -0.2) is 4.98 Å². The molecule has 1 aliphatic heterocycles. The van der Waals surface area contributed by atoms with Gasteiger partial charge in [0.1, 0.15) is 5.15 Å². The number of halogens is 1. The van der Waals surface area contributed by atoms with Gasteiger partial charge in [-0.05, 0) is 50.0 Å². The number of hydrogen-bond donors (Lipinski definition) is 0. The van der Waals surface area contributed by atoms with E-state index in [1.165, 1.54) is 25.1 Å². The Bertz CT molecular complexity index is 314. The molecule has 3 heteroatoms. The first-order chi connectivity index (χ1) is 6.74. The summed E-state index contributed by atoms with van der Waals surface area (Å²) >= 11 is 5.84. The van der Waals surface area contributed by atoms with Crippen molar-refractivity contribution in [2.45, 2.75) is 12.8 Å². The van der Waals surface area contributed by atoms with E-state index >= 15 is 0 Å². The number of aromatic nitrogens is 1. The molecule has 2 nitrogen and oxygen atoms in total. The van der Waals surface area contributed by atoms with Gasteiger partial charge in [-0.15, -0.1) is 0 Å². The van der Waals surface area contributed by atoms with Crippen molar-refractivity contribution in [3.8, 4) is 0 Å². The summed E-state index contributed by atoms with van der Waals surface area (Å²) in [6.07, 6.45) is 4.22. The second-order valence-electron chi connectivity index (χ2n) is 4.11. The first-order valence-corrected chi connectivity index (χ1v) is 5.41. The normalized spacial score (nSPS) is 22.9. The molecule has 0 N–H and O–H groups in total. The summed E-state index contributed by atoms with van der Waals surface area (Å²) in [5, 5.41) is 0.605. The largest absolute Gasteiger partial charge is 0.306 e.